The predicted molar refractivity (Wildman–Crippen MR) is 382 cm³/mol. The highest BCUT2D eigenvalue weighted by molar-refractivity contribution is 7.47. The normalized spacial score (nSPS) is 14.0. The first-order chi connectivity index (χ1) is 45.5. The molecule has 3 N–H and O–H groups in total. The summed E-state index contributed by atoms with van der Waals surface area (Å²) in [4.78, 5) is 72.5. The molecule has 0 aromatic heterocycles. The Bertz CT molecular complexity index is 1810. The van der Waals surface area contributed by atoms with Crippen molar-refractivity contribution in [2.24, 2.45) is 5.92 Å². The van der Waals surface area contributed by atoms with Crippen LogP contribution < -0.4 is 0 Å². The third-order valence-corrected chi connectivity index (χ3v) is 19.4. The van der Waals surface area contributed by atoms with E-state index >= 15 is 0 Å². The molecule has 0 aliphatic carbocycles. The molecule has 0 aromatic rings. The molecule has 0 amide bonds. The number of phosphoric ester groups is 2. The monoisotopic (exact) mass is 1380 g/mol. The lowest BCUT2D eigenvalue weighted by atomic mass is 10.0. The Kier molecular flexibility index (Phi) is 66.8. The van der Waals surface area contributed by atoms with Crippen molar-refractivity contribution in [3.05, 3.63) is 0 Å². The number of carbonyl (C=O) groups excluding carboxylic acids is 4. The van der Waals surface area contributed by atoms with E-state index in [0.717, 1.165) is 109 Å². The second-order valence-electron chi connectivity index (χ2n) is 27.5. The molecule has 17 nitrogen and oxygen atoms in total. The third kappa shape index (κ3) is 68.6. The molecule has 2 unspecified atom stereocenters. The summed E-state index contributed by atoms with van der Waals surface area (Å²) in [6.07, 6.45) is 57.2. The molecule has 19 heteroatoms. The van der Waals surface area contributed by atoms with Crippen LogP contribution in [0.5, 0.6) is 0 Å². The van der Waals surface area contributed by atoms with E-state index in [1.54, 1.807) is 0 Å². The zero-order chi connectivity index (χ0) is 69.1. The highest BCUT2D eigenvalue weighted by Crippen LogP contribution is 2.45. The molecule has 0 aromatic carbocycles. The van der Waals surface area contributed by atoms with Crippen molar-refractivity contribution in [1.29, 1.82) is 0 Å². The molecular formula is C75H146O17P2. The van der Waals surface area contributed by atoms with Gasteiger partial charge in [-0.2, -0.15) is 0 Å². The quantitative estimate of drug-likeness (QED) is 0.0222. The molecule has 5 atom stereocenters. The first kappa shape index (κ1) is 92.1. The molecule has 0 heterocycles. The van der Waals surface area contributed by atoms with Gasteiger partial charge >= 0.3 is 39.5 Å². The van der Waals surface area contributed by atoms with E-state index in [1.165, 1.54) is 205 Å². The van der Waals surface area contributed by atoms with Gasteiger partial charge in [-0.3, -0.25) is 37.3 Å². The van der Waals surface area contributed by atoms with Crippen LogP contribution in [-0.4, -0.2) is 96.7 Å². The summed E-state index contributed by atoms with van der Waals surface area (Å²) in [6, 6.07) is 0. The van der Waals surface area contributed by atoms with Crippen molar-refractivity contribution >= 4 is 39.5 Å². The topological polar surface area (TPSA) is 237 Å². The molecule has 0 radical (unpaired) electrons. The molecule has 0 bridgehead atoms. The predicted octanol–water partition coefficient (Wildman–Crippen LogP) is 22.1. The number of hydrogen-bond donors (Lipinski definition) is 3. The lowest BCUT2D eigenvalue weighted by Crippen LogP contribution is -2.30. The van der Waals surface area contributed by atoms with E-state index in [4.69, 9.17) is 37.0 Å². The van der Waals surface area contributed by atoms with E-state index in [9.17, 15) is 43.2 Å². The van der Waals surface area contributed by atoms with Gasteiger partial charge in [0.15, 0.2) is 12.2 Å². The van der Waals surface area contributed by atoms with Crippen LogP contribution in [0, 0.1) is 5.92 Å². The lowest BCUT2D eigenvalue weighted by molar-refractivity contribution is -0.161. The number of ether oxygens (including phenoxy) is 4. The summed E-state index contributed by atoms with van der Waals surface area (Å²) in [6.45, 7) is 7.24. The van der Waals surface area contributed by atoms with Gasteiger partial charge in [0.25, 0.3) is 0 Å². The first-order valence-corrected chi connectivity index (χ1v) is 42.1. The summed E-state index contributed by atoms with van der Waals surface area (Å²) < 4.78 is 68.3. The van der Waals surface area contributed by atoms with E-state index < -0.39 is 97.5 Å². The van der Waals surface area contributed by atoms with E-state index in [1.807, 2.05) is 0 Å². The second kappa shape index (κ2) is 68.2. The summed E-state index contributed by atoms with van der Waals surface area (Å²) >= 11 is 0. The first-order valence-electron chi connectivity index (χ1n) is 39.1. The highest BCUT2D eigenvalue weighted by atomic mass is 31.2. The largest absolute Gasteiger partial charge is 0.472 e. The van der Waals surface area contributed by atoms with Gasteiger partial charge in [0.05, 0.1) is 26.4 Å². The van der Waals surface area contributed by atoms with Crippen LogP contribution in [-0.2, 0) is 65.4 Å². The van der Waals surface area contributed by atoms with Crippen molar-refractivity contribution in [2.75, 3.05) is 39.6 Å². The number of phosphoric acid groups is 2. The van der Waals surface area contributed by atoms with Crippen LogP contribution in [0.3, 0.4) is 0 Å². The van der Waals surface area contributed by atoms with Gasteiger partial charge in [-0.1, -0.05) is 343 Å². The SMILES string of the molecule is CCCCCCCCCCCCCCCCCCCCCCCCC(=O)O[C@H](COC(=O)CCCCCCCCCCCCCCCC(C)C)COP(=O)(O)OC[C@@H](O)COP(=O)(O)OC[C@@H](COC(=O)CCCCCCCCC)OC(=O)CCCCCCCCCCC. The van der Waals surface area contributed by atoms with Crippen LogP contribution in [0.25, 0.3) is 0 Å². The van der Waals surface area contributed by atoms with Gasteiger partial charge in [0.2, 0.25) is 0 Å². The molecule has 0 aliphatic rings. The zero-order valence-corrected chi connectivity index (χ0v) is 62.9. The maximum atomic E-state index is 13.1. The Balaban J connectivity index is 5.13. The average Bonchev–Trinajstić information content (AvgIpc) is 1.29. The Morgan fingerprint density at radius 1 is 0.287 bits per heavy atom. The van der Waals surface area contributed by atoms with Crippen LogP contribution in [0.2, 0.25) is 0 Å². The third-order valence-electron chi connectivity index (χ3n) is 17.5. The molecule has 0 saturated carbocycles. The van der Waals surface area contributed by atoms with Gasteiger partial charge in [-0.15, -0.1) is 0 Å². The summed E-state index contributed by atoms with van der Waals surface area (Å²) in [5.74, 6) is -1.33. The fourth-order valence-corrected chi connectivity index (χ4v) is 13.1. The molecule has 0 aliphatic heterocycles. The Hall–Kier alpha value is -1.94. The number of aliphatic hydroxyl groups is 1. The molecule has 94 heavy (non-hydrogen) atoms. The molecule has 558 valence electrons. The average molecular weight is 1380 g/mol. The van der Waals surface area contributed by atoms with Crippen LogP contribution in [0.4, 0.5) is 0 Å². The molecule has 0 saturated heterocycles. The van der Waals surface area contributed by atoms with Crippen LogP contribution >= 0.6 is 15.6 Å². The highest BCUT2D eigenvalue weighted by Gasteiger charge is 2.30. The Morgan fingerprint density at radius 2 is 0.489 bits per heavy atom. The van der Waals surface area contributed by atoms with Gasteiger partial charge in [0, 0.05) is 25.7 Å². The number of carbonyl (C=O) groups is 4. The number of unbranched alkanes of at least 4 members (excludes halogenated alkanes) is 47. The van der Waals surface area contributed by atoms with Crippen LogP contribution in [0.15, 0.2) is 0 Å². The molecule has 0 spiro atoms. The number of esters is 4. The van der Waals surface area contributed by atoms with E-state index in [2.05, 4.69) is 34.6 Å². The van der Waals surface area contributed by atoms with Crippen LogP contribution in [0.1, 0.15) is 394 Å². The van der Waals surface area contributed by atoms with E-state index in [-0.39, 0.29) is 25.7 Å². The maximum Gasteiger partial charge on any atom is 0.472 e. The molecular weight excluding hydrogens is 1230 g/mol. The summed E-state index contributed by atoms with van der Waals surface area (Å²) in [5.41, 5.74) is 0. The van der Waals surface area contributed by atoms with Crippen molar-refractivity contribution in [2.45, 2.75) is 412 Å². The number of aliphatic hydroxyl groups excluding tert-OH is 1. The minimum atomic E-state index is -4.95. The van der Waals surface area contributed by atoms with E-state index in [0.29, 0.717) is 25.7 Å². The van der Waals surface area contributed by atoms with Gasteiger partial charge in [-0.25, -0.2) is 9.13 Å². The van der Waals surface area contributed by atoms with Crippen molar-refractivity contribution < 1.29 is 80.2 Å². The van der Waals surface area contributed by atoms with Gasteiger partial charge < -0.3 is 33.8 Å². The Morgan fingerprint density at radius 3 is 0.723 bits per heavy atom. The Labute approximate surface area is 575 Å². The minimum Gasteiger partial charge on any atom is -0.462 e. The minimum absolute atomic E-state index is 0.106. The number of hydrogen-bond acceptors (Lipinski definition) is 15. The smallest absolute Gasteiger partial charge is 0.462 e. The lowest BCUT2D eigenvalue weighted by Gasteiger charge is -2.21. The van der Waals surface area contributed by atoms with Crippen molar-refractivity contribution in [3.63, 3.8) is 0 Å². The second-order valence-corrected chi connectivity index (χ2v) is 30.4. The maximum absolute atomic E-state index is 13.1. The number of rotatable bonds is 75. The van der Waals surface area contributed by atoms with Gasteiger partial charge in [0.1, 0.15) is 19.3 Å². The van der Waals surface area contributed by atoms with Crippen molar-refractivity contribution in [3.8, 4) is 0 Å². The fraction of sp³-hybridized carbons (Fsp3) is 0.947. The molecule has 0 rings (SSSR count). The summed E-state index contributed by atoms with van der Waals surface area (Å²) in [7, 11) is -9.90. The fourth-order valence-electron chi connectivity index (χ4n) is 11.5. The molecule has 0 fully saturated rings. The van der Waals surface area contributed by atoms with Gasteiger partial charge in [-0.05, 0) is 31.6 Å². The standard InChI is InChI=1S/C75H146O17P2/c1-6-9-12-15-18-20-21-22-23-24-25-26-27-28-29-30-33-37-41-46-51-56-61-75(80)92-71(65-86-73(78)59-54-49-44-40-36-34-31-32-35-39-43-47-52-57-68(4)5)67-90-94(83,84)88-63-69(76)62-87-93(81,82)89-66-70(64-85-72(77)58-53-48-42-17-14-11-8-3)91-74(79)60-55-50-45-38-19-16-13-10-7-2/h68-71,76H,6-67H2,1-5H3,(H,81,82)(H,83,84)/t69-,70+,71+/m0/s1. The zero-order valence-electron chi connectivity index (χ0n) is 61.1. The summed E-state index contributed by atoms with van der Waals surface area (Å²) in [5, 5.41) is 10.6. The van der Waals surface area contributed by atoms with Crippen molar-refractivity contribution in [1.82, 2.24) is 0 Å².